The number of nitrogens with one attached hydrogen (secondary N) is 1. The number of piperazine rings is 1. The Bertz CT molecular complexity index is 509. The number of thioether (sulfide) groups is 1. The predicted octanol–water partition coefficient (Wildman–Crippen LogP) is 3.05. The van der Waals surface area contributed by atoms with E-state index >= 15 is 0 Å². The van der Waals surface area contributed by atoms with Crippen molar-refractivity contribution in [2.24, 2.45) is 0 Å². The molecular formula is C15H19F3N2OS. The van der Waals surface area contributed by atoms with Gasteiger partial charge in [0, 0.05) is 30.1 Å². The average Bonchev–Trinajstić information content (AvgIpc) is 2.38. The van der Waals surface area contributed by atoms with E-state index in [1.165, 1.54) is 12.1 Å². The van der Waals surface area contributed by atoms with Gasteiger partial charge in [0.25, 0.3) is 0 Å². The first-order chi connectivity index (χ1) is 10.2. The third kappa shape index (κ3) is 5.21. The molecule has 1 fully saturated rings. The molecule has 1 amide bonds. The van der Waals surface area contributed by atoms with Crippen LogP contribution in [-0.2, 0) is 11.2 Å². The highest BCUT2D eigenvalue weighted by atomic mass is 32.2. The summed E-state index contributed by atoms with van der Waals surface area (Å²) in [6.07, 6.45) is 0.219. The molecule has 1 aromatic carbocycles. The monoisotopic (exact) mass is 332 g/mol. The molecule has 0 aromatic heterocycles. The summed E-state index contributed by atoms with van der Waals surface area (Å²) in [4.78, 5) is 14.2. The second kappa shape index (κ2) is 6.91. The van der Waals surface area contributed by atoms with E-state index in [9.17, 15) is 18.0 Å². The van der Waals surface area contributed by atoms with Crippen LogP contribution in [0.25, 0.3) is 0 Å². The van der Waals surface area contributed by atoms with E-state index in [4.69, 9.17) is 0 Å². The minimum atomic E-state index is -4.29. The molecule has 1 heterocycles. The fraction of sp³-hybridized carbons (Fsp3) is 0.533. The van der Waals surface area contributed by atoms with E-state index < -0.39 is 5.51 Å². The third-order valence-electron chi connectivity index (χ3n) is 3.42. The van der Waals surface area contributed by atoms with Gasteiger partial charge in [-0.05, 0) is 43.3 Å². The molecule has 0 bridgehead atoms. The maximum absolute atomic E-state index is 12.3. The molecule has 2 atom stereocenters. The Balaban J connectivity index is 1.94. The smallest absolute Gasteiger partial charge is 0.339 e. The molecule has 0 aliphatic carbocycles. The number of hydrogen-bond donors (Lipinski definition) is 1. The minimum Gasteiger partial charge on any atom is -0.339 e. The molecule has 122 valence electrons. The van der Waals surface area contributed by atoms with Gasteiger partial charge in [0.05, 0.1) is 6.42 Å². The molecular weight excluding hydrogens is 313 g/mol. The second-order valence-electron chi connectivity index (χ2n) is 5.64. The van der Waals surface area contributed by atoms with Crippen LogP contribution in [0.1, 0.15) is 19.4 Å². The Morgan fingerprint density at radius 3 is 2.27 bits per heavy atom. The van der Waals surface area contributed by atoms with Gasteiger partial charge < -0.3 is 10.2 Å². The number of amides is 1. The van der Waals surface area contributed by atoms with Gasteiger partial charge in [-0.1, -0.05) is 12.1 Å². The summed E-state index contributed by atoms with van der Waals surface area (Å²) in [5.74, 6) is 0.0106. The third-order valence-corrected chi connectivity index (χ3v) is 4.16. The van der Waals surface area contributed by atoms with E-state index in [2.05, 4.69) is 5.32 Å². The Morgan fingerprint density at radius 1 is 1.23 bits per heavy atom. The molecule has 7 heteroatoms. The van der Waals surface area contributed by atoms with Crippen LogP contribution in [0, 0.1) is 0 Å². The number of hydrogen-bond acceptors (Lipinski definition) is 3. The molecule has 3 nitrogen and oxygen atoms in total. The van der Waals surface area contributed by atoms with Gasteiger partial charge in [-0.3, -0.25) is 4.79 Å². The van der Waals surface area contributed by atoms with Gasteiger partial charge >= 0.3 is 5.51 Å². The summed E-state index contributed by atoms with van der Waals surface area (Å²) in [5, 5.41) is 3.35. The van der Waals surface area contributed by atoms with Crippen molar-refractivity contribution in [1.29, 1.82) is 0 Å². The molecule has 0 saturated carbocycles. The maximum Gasteiger partial charge on any atom is 0.446 e. The standard InChI is InChI=1S/C15H19F3N2OS/c1-10-8-20(9-11(2)19-10)14(21)7-12-3-5-13(6-4-12)22-15(16,17)18/h3-6,10-11,19H,7-9H2,1-2H3/t10-,11+. The highest BCUT2D eigenvalue weighted by Gasteiger charge is 2.29. The summed E-state index contributed by atoms with van der Waals surface area (Å²) >= 11 is -0.147. The summed E-state index contributed by atoms with van der Waals surface area (Å²) in [6, 6.07) is 6.48. The fourth-order valence-electron chi connectivity index (χ4n) is 2.63. The van der Waals surface area contributed by atoms with E-state index in [0.717, 1.165) is 5.56 Å². The largest absolute Gasteiger partial charge is 0.446 e. The van der Waals surface area contributed by atoms with Crippen LogP contribution in [0.3, 0.4) is 0 Å². The highest BCUT2D eigenvalue weighted by Crippen LogP contribution is 2.36. The lowest BCUT2D eigenvalue weighted by Crippen LogP contribution is -2.56. The number of carbonyl (C=O) groups is 1. The van der Waals surface area contributed by atoms with Crippen molar-refractivity contribution in [2.45, 2.75) is 42.8 Å². The van der Waals surface area contributed by atoms with Crippen molar-refractivity contribution in [1.82, 2.24) is 10.2 Å². The quantitative estimate of drug-likeness (QED) is 0.864. The fourth-order valence-corrected chi connectivity index (χ4v) is 3.17. The van der Waals surface area contributed by atoms with Crippen LogP contribution in [-0.4, -0.2) is 41.5 Å². The topological polar surface area (TPSA) is 32.3 Å². The van der Waals surface area contributed by atoms with Gasteiger partial charge in [0.15, 0.2) is 0 Å². The number of nitrogens with zero attached hydrogens (tertiary/aromatic N) is 1. The molecule has 1 N–H and O–H groups in total. The Morgan fingerprint density at radius 2 is 1.77 bits per heavy atom. The van der Waals surface area contributed by atoms with E-state index in [1.807, 2.05) is 18.7 Å². The van der Waals surface area contributed by atoms with Crippen LogP contribution in [0.4, 0.5) is 13.2 Å². The first-order valence-corrected chi connectivity index (χ1v) is 7.93. The Hall–Kier alpha value is -1.21. The van der Waals surface area contributed by atoms with Gasteiger partial charge in [0.1, 0.15) is 0 Å². The zero-order valence-corrected chi connectivity index (χ0v) is 13.3. The number of alkyl halides is 3. The first kappa shape index (κ1) is 17.1. The van der Waals surface area contributed by atoms with Crippen molar-refractivity contribution in [3.8, 4) is 0 Å². The van der Waals surface area contributed by atoms with Crippen LogP contribution < -0.4 is 5.32 Å². The number of benzene rings is 1. The molecule has 0 unspecified atom stereocenters. The summed E-state index contributed by atoms with van der Waals surface area (Å²) in [6.45, 7) is 5.37. The summed E-state index contributed by atoms with van der Waals surface area (Å²) in [7, 11) is 0. The lowest BCUT2D eigenvalue weighted by Gasteiger charge is -2.36. The number of carbonyl (C=O) groups excluding carboxylic acids is 1. The second-order valence-corrected chi connectivity index (χ2v) is 6.77. The van der Waals surface area contributed by atoms with Crippen molar-refractivity contribution < 1.29 is 18.0 Å². The van der Waals surface area contributed by atoms with Crippen LogP contribution in [0.5, 0.6) is 0 Å². The highest BCUT2D eigenvalue weighted by molar-refractivity contribution is 8.00. The van der Waals surface area contributed by atoms with Crippen molar-refractivity contribution in [2.75, 3.05) is 13.1 Å². The summed E-state index contributed by atoms with van der Waals surface area (Å²) in [5.41, 5.74) is -3.56. The maximum atomic E-state index is 12.3. The van der Waals surface area contributed by atoms with E-state index in [-0.39, 0.29) is 41.1 Å². The van der Waals surface area contributed by atoms with Crippen LogP contribution >= 0.6 is 11.8 Å². The Kier molecular flexibility index (Phi) is 5.39. The van der Waals surface area contributed by atoms with E-state index in [1.54, 1.807) is 12.1 Å². The molecule has 1 aliphatic heterocycles. The van der Waals surface area contributed by atoms with Crippen molar-refractivity contribution >= 4 is 17.7 Å². The average molecular weight is 332 g/mol. The number of rotatable bonds is 3. The predicted molar refractivity (Wildman–Crippen MR) is 80.7 cm³/mol. The SMILES string of the molecule is C[C@@H]1CN(C(=O)Cc2ccc(SC(F)(F)F)cc2)C[C@H](C)N1. The number of halogens is 3. The normalized spacial score (nSPS) is 22.7. The Labute approximate surface area is 132 Å². The molecule has 1 saturated heterocycles. The van der Waals surface area contributed by atoms with Gasteiger partial charge in [-0.2, -0.15) is 13.2 Å². The molecule has 0 spiro atoms. The molecule has 2 rings (SSSR count). The molecule has 1 aliphatic rings. The zero-order chi connectivity index (χ0) is 16.3. The van der Waals surface area contributed by atoms with Crippen LogP contribution in [0.15, 0.2) is 29.2 Å². The molecule has 0 radical (unpaired) electrons. The minimum absolute atomic E-state index is 0.0106. The van der Waals surface area contributed by atoms with Gasteiger partial charge in [-0.15, -0.1) is 0 Å². The lowest BCUT2D eigenvalue weighted by molar-refractivity contribution is -0.132. The van der Waals surface area contributed by atoms with Gasteiger partial charge in [-0.25, -0.2) is 0 Å². The summed E-state index contributed by atoms with van der Waals surface area (Å²) < 4.78 is 36.8. The molecule has 22 heavy (non-hydrogen) atoms. The van der Waals surface area contributed by atoms with Crippen LogP contribution in [0.2, 0.25) is 0 Å². The van der Waals surface area contributed by atoms with Crippen molar-refractivity contribution in [3.63, 3.8) is 0 Å². The van der Waals surface area contributed by atoms with E-state index in [0.29, 0.717) is 13.1 Å². The van der Waals surface area contributed by atoms with Crippen molar-refractivity contribution in [3.05, 3.63) is 29.8 Å². The zero-order valence-electron chi connectivity index (χ0n) is 12.5. The lowest BCUT2D eigenvalue weighted by atomic mass is 10.1. The van der Waals surface area contributed by atoms with Gasteiger partial charge in [0.2, 0.25) is 5.91 Å². The molecule has 1 aromatic rings. The first-order valence-electron chi connectivity index (χ1n) is 7.11.